The van der Waals surface area contributed by atoms with Gasteiger partial charge in [-0.2, -0.15) is 0 Å². The number of amides is 1. The number of halogens is 1. The molecular formula is C24H34IN5O. The lowest BCUT2D eigenvalue weighted by Gasteiger charge is -2.15. The molecule has 6 nitrogen and oxygen atoms in total. The van der Waals surface area contributed by atoms with Gasteiger partial charge in [0.1, 0.15) is 0 Å². The van der Waals surface area contributed by atoms with Crippen LogP contribution in [0, 0.1) is 0 Å². The summed E-state index contributed by atoms with van der Waals surface area (Å²) in [6.07, 6.45) is 2.65. The highest BCUT2D eigenvalue weighted by molar-refractivity contribution is 14.0. The molecule has 1 saturated heterocycles. The molecule has 2 aromatic carbocycles. The fourth-order valence-corrected chi connectivity index (χ4v) is 3.58. The van der Waals surface area contributed by atoms with Crippen LogP contribution in [0.3, 0.4) is 0 Å². The molecule has 31 heavy (non-hydrogen) atoms. The third kappa shape index (κ3) is 7.81. The molecule has 3 rings (SSSR count). The number of likely N-dealkylation sites (tertiary alicyclic amines) is 1. The largest absolute Gasteiger partial charge is 0.352 e. The molecule has 168 valence electrons. The summed E-state index contributed by atoms with van der Waals surface area (Å²) in [4.78, 5) is 20.4. The molecule has 0 saturated carbocycles. The SMILES string of the molecule is CN=C(NCc1ccc(CN2CCCC2)cc1)NCc1ccc(C(=O)N(C)C)cc1.I. The van der Waals surface area contributed by atoms with Crippen LogP contribution >= 0.6 is 24.0 Å². The van der Waals surface area contributed by atoms with E-state index in [1.165, 1.54) is 37.1 Å². The van der Waals surface area contributed by atoms with E-state index in [1.54, 1.807) is 26.0 Å². The van der Waals surface area contributed by atoms with Gasteiger partial charge in [0.2, 0.25) is 0 Å². The molecule has 2 N–H and O–H groups in total. The summed E-state index contributed by atoms with van der Waals surface area (Å²) in [5, 5.41) is 6.68. The molecular weight excluding hydrogens is 501 g/mol. The first-order valence-electron chi connectivity index (χ1n) is 10.6. The van der Waals surface area contributed by atoms with Gasteiger partial charge in [-0.25, -0.2) is 0 Å². The zero-order chi connectivity index (χ0) is 21.3. The van der Waals surface area contributed by atoms with Crippen molar-refractivity contribution in [2.45, 2.75) is 32.5 Å². The summed E-state index contributed by atoms with van der Waals surface area (Å²) in [5.74, 6) is 0.767. The summed E-state index contributed by atoms with van der Waals surface area (Å²) in [6.45, 7) is 4.86. The van der Waals surface area contributed by atoms with Crippen LogP contribution in [0.5, 0.6) is 0 Å². The molecule has 2 aromatic rings. The Hall–Kier alpha value is -2.13. The van der Waals surface area contributed by atoms with Gasteiger partial charge in [0.05, 0.1) is 0 Å². The summed E-state index contributed by atoms with van der Waals surface area (Å²) in [5.41, 5.74) is 4.40. The lowest BCUT2D eigenvalue weighted by atomic mass is 10.1. The van der Waals surface area contributed by atoms with Crippen LogP contribution in [-0.4, -0.2) is 55.9 Å². The van der Waals surface area contributed by atoms with Crippen molar-refractivity contribution in [2.75, 3.05) is 34.2 Å². The molecule has 0 aromatic heterocycles. The number of hydrogen-bond acceptors (Lipinski definition) is 3. The second-order valence-electron chi connectivity index (χ2n) is 7.98. The van der Waals surface area contributed by atoms with Gasteiger partial charge < -0.3 is 15.5 Å². The average molecular weight is 535 g/mol. The molecule has 1 aliphatic heterocycles. The van der Waals surface area contributed by atoms with Crippen molar-refractivity contribution in [3.63, 3.8) is 0 Å². The van der Waals surface area contributed by atoms with Crippen molar-refractivity contribution >= 4 is 35.8 Å². The predicted octanol–water partition coefficient (Wildman–Crippen LogP) is 3.47. The smallest absolute Gasteiger partial charge is 0.253 e. The Balaban J connectivity index is 0.00000341. The first kappa shape index (κ1) is 25.1. The maximum absolute atomic E-state index is 12.0. The molecule has 0 bridgehead atoms. The van der Waals surface area contributed by atoms with E-state index in [2.05, 4.69) is 44.8 Å². The minimum absolute atomic E-state index is 0. The van der Waals surface area contributed by atoms with Gasteiger partial charge in [-0.1, -0.05) is 36.4 Å². The highest BCUT2D eigenvalue weighted by Crippen LogP contribution is 2.13. The first-order valence-corrected chi connectivity index (χ1v) is 10.6. The van der Waals surface area contributed by atoms with Crippen LogP contribution < -0.4 is 10.6 Å². The number of nitrogens with one attached hydrogen (secondary N) is 2. The lowest BCUT2D eigenvalue weighted by molar-refractivity contribution is 0.0827. The fourth-order valence-electron chi connectivity index (χ4n) is 3.58. The Morgan fingerprint density at radius 3 is 1.87 bits per heavy atom. The van der Waals surface area contributed by atoms with Crippen LogP contribution in [0.15, 0.2) is 53.5 Å². The van der Waals surface area contributed by atoms with Crippen LogP contribution in [0.25, 0.3) is 0 Å². The standard InChI is InChI=1S/C24H33N5O.HI/c1-25-24(27-17-20-10-12-22(13-11-20)23(30)28(2)3)26-16-19-6-8-21(9-7-19)18-29-14-4-5-15-29;/h6-13H,4-5,14-18H2,1-3H3,(H2,25,26,27);1H. The van der Waals surface area contributed by atoms with Gasteiger partial charge in [-0.3, -0.25) is 14.7 Å². The Kier molecular flexibility index (Phi) is 10.3. The normalized spacial score (nSPS) is 14.1. The van der Waals surface area contributed by atoms with Gasteiger partial charge in [-0.05, 0) is 54.8 Å². The van der Waals surface area contributed by atoms with Gasteiger partial charge in [0, 0.05) is 46.3 Å². The Labute approximate surface area is 203 Å². The summed E-state index contributed by atoms with van der Waals surface area (Å²) in [7, 11) is 5.29. The second-order valence-corrected chi connectivity index (χ2v) is 7.98. The number of aliphatic imine (C=N–C) groups is 1. The zero-order valence-electron chi connectivity index (χ0n) is 18.7. The molecule has 1 fully saturated rings. The molecule has 0 unspecified atom stereocenters. The number of nitrogens with zero attached hydrogens (tertiary/aromatic N) is 3. The van der Waals surface area contributed by atoms with E-state index >= 15 is 0 Å². The van der Waals surface area contributed by atoms with Crippen molar-refractivity contribution in [1.29, 1.82) is 0 Å². The molecule has 0 aliphatic carbocycles. The number of benzene rings is 2. The summed E-state index contributed by atoms with van der Waals surface area (Å²) < 4.78 is 0. The topological polar surface area (TPSA) is 60.0 Å². The third-order valence-corrected chi connectivity index (χ3v) is 5.38. The van der Waals surface area contributed by atoms with Gasteiger partial charge in [-0.15, -0.1) is 24.0 Å². The summed E-state index contributed by atoms with van der Waals surface area (Å²) in [6, 6.07) is 16.5. The Bertz CT molecular complexity index is 843. The molecule has 0 atom stereocenters. The van der Waals surface area contributed by atoms with Crippen molar-refractivity contribution in [3.8, 4) is 0 Å². The minimum atomic E-state index is 0. The zero-order valence-corrected chi connectivity index (χ0v) is 21.1. The van der Waals surface area contributed by atoms with E-state index in [0.29, 0.717) is 12.1 Å². The van der Waals surface area contributed by atoms with Crippen molar-refractivity contribution in [1.82, 2.24) is 20.4 Å². The van der Waals surface area contributed by atoms with Gasteiger partial charge in [0.25, 0.3) is 5.91 Å². The van der Waals surface area contributed by atoms with E-state index in [-0.39, 0.29) is 29.9 Å². The van der Waals surface area contributed by atoms with E-state index < -0.39 is 0 Å². The lowest BCUT2D eigenvalue weighted by Crippen LogP contribution is -2.36. The van der Waals surface area contributed by atoms with Crippen molar-refractivity contribution in [2.24, 2.45) is 4.99 Å². The quantitative estimate of drug-likeness (QED) is 0.324. The number of rotatable bonds is 7. The second kappa shape index (κ2) is 12.7. The van der Waals surface area contributed by atoms with E-state index in [1.807, 2.05) is 24.3 Å². The molecule has 0 radical (unpaired) electrons. The van der Waals surface area contributed by atoms with Crippen LogP contribution in [-0.2, 0) is 19.6 Å². The molecule has 1 heterocycles. The molecule has 1 aliphatic rings. The number of hydrogen-bond donors (Lipinski definition) is 2. The third-order valence-electron chi connectivity index (χ3n) is 5.38. The maximum Gasteiger partial charge on any atom is 0.253 e. The van der Waals surface area contributed by atoms with Crippen LogP contribution in [0.1, 0.15) is 39.9 Å². The maximum atomic E-state index is 12.0. The van der Waals surface area contributed by atoms with Crippen LogP contribution in [0.2, 0.25) is 0 Å². The molecule has 1 amide bonds. The highest BCUT2D eigenvalue weighted by atomic mass is 127. The minimum Gasteiger partial charge on any atom is -0.352 e. The van der Waals surface area contributed by atoms with E-state index in [9.17, 15) is 4.79 Å². The van der Waals surface area contributed by atoms with Gasteiger partial charge in [0.15, 0.2) is 5.96 Å². The van der Waals surface area contributed by atoms with E-state index in [4.69, 9.17) is 0 Å². The number of carbonyl (C=O) groups excluding carboxylic acids is 1. The molecule has 0 spiro atoms. The number of carbonyl (C=O) groups is 1. The van der Waals surface area contributed by atoms with E-state index in [0.717, 1.165) is 24.6 Å². The highest BCUT2D eigenvalue weighted by Gasteiger charge is 2.11. The Morgan fingerprint density at radius 1 is 0.903 bits per heavy atom. The summed E-state index contributed by atoms with van der Waals surface area (Å²) >= 11 is 0. The van der Waals surface area contributed by atoms with Crippen LogP contribution in [0.4, 0.5) is 0 Å². The predicted molar refractivity (Wildman–Crippen MR) is 138 cm³/mol. The van der Waals surface area contributed by atoms with Crippen molar-refractivity contribution < 1.29 is 4.79 Å². The fraction of sp³-hybridized carbons (Fsp3) is 0.417. The average Bonchev–Trinajstić information content (AvgIpc) is 3.28. The monoisotopic (exact) mass is 535 g/mol. The Morgan fingerprint density at radius 2 is 1.39 bits per heavy atom. The first-order chi connectivity index (χ1) is 14.5. The molecule has 7 heteroatoms. The number of guanidine groups is 1. The van der Waals surface area contributed by atoms with Crippen molar-refractivity contribution in [3.05, 3.63) is 70.8 Å². The van der Waals surface area contributed by atoms with Gasteiger partial charge >= 0.3 is 0 Å².